The van der Waals surface area contributed by atoms with Crippen molar-refractivity contribution in [3.8, 4) is 0 Å². The van der Waals surface area contributed by atoms with Gasteiger partial charge in [0, 0.05) is 6.04 Å². The summed E-state index contributed by atoms with van der Waals surface area (Å²) in [6, 6.07) is -0.0353. The van der Waals surface area contributed by atoms with Crippen LogP contribution in [0.5, 0.6) is 0 Å². The molecule has 0 saturated heterocycles. The number of nitrogens with two attached hydrogens (primary N) is 1. The number of hydrogen-bond acceptors (Lipinski definition) is 2. The van der Waals surface area contributed by atoms with E-state index in [1.807, 2.05) is 6.92 Å². The van der Waals surface area contributed by atoms with Gasteiger partial charge >= 0.3 is 6.18 Å². The van der Waals surface area contributed by atoms with E-state index >= 15 is 0 Å². The fourth-order valence-corrected chi connectivity index (χ4v) is 2.75. The molecule has 1 rings (SSSR count). The molecule has 3 unspecified atom stereocenters. The first-order valence-corrected chi connectivity index (χ1v) is 6.51. The Bertz CT molecular complexity index is 276. The highest BCUT2D eigenvalue weighted by molar-refractivity contribution is 4.91. The molecule has 1 aliphatic rings. The predicted octanol–water partition coefficient (Wildman–Crippen LogP) is 3.54. The lowest BCUT2D eigenvalue weighted by Crippen LogP contribution is -2.44. The molecule has 0 aromatic carbocycles. The van der Waals surface area contributed by atoms with Crippen LogP contribution in [0, 0.1) is 11.8 Å². The summed E-state index contributed by atoms with van der Waals surface area (Å²) in [6.07, 6.45) is -0.556. The maximum Gasteiger partial charge on any atom is 0.391 e. The molecule has 0 heterocycles. The summed E-state index contributed by atoms with van der Waals surface area (Å²) in [7, 11) is 0. The number of hydrogen-bond donors (Lipinski definition) is 2. The molecular weight excluding hydrogens is 241 g/mol. The van der Waals surface area contributed by atoms with Crippen LogP contribution in [0.4, 0.5) is 13.2 Å². The van der Waals surface area contributed by atoms with Crippen LogP contribution >= 0.6 is 0 Å². The molecule has 0 bridgehead atoms. The summed E-state index contributed by atoms with van der Waals surface area (Å²) in [5.41, 5.74) is 3.73. The van der Waals surface area contributed by atoms with Gasteiger partial charge in [-0.1, -0.05) is 12.0 Å². The summed E-state index contributed by atoms with van der Waals surface area (Å²) in [5.74, 6) is 4.35. The van der Waals surface area contributed by atoms with Gasteiger partial charge in [0.25, 0.3) is 0 Å². The molecule has 1 aliphatic carbocycles. The van der Waals surface area contributed by atoms with Gasteiger partial charge in [-0.3, -0.25) is 11.3 Å². The highest BCUT2D eigenvalue weighted by Gasteiger charge is 2.43. The minimum atomic E-state index is -4.06. The van der Waals surface area contributed by atoms with Crippen molar-refractivity contribution >= 4 is 0 Å². The maximum absolute atomic E-state index is 12.7. The van der Waals surface area contributed by atoms with Crippen LogP contribution in [0.25, 0.3) is 0 Å². The molecule has 1 saturated carbocycles. The van der Waals surface area contributed by atoms with E-state index in [-0.39, 0.29) is 24.8 Å². The average Bonchev–Trinajstić information content (AvgIpc) is 2.29. The monoisotopic (exact) mass is 264 g/mol. The normalized spacial score (nSPS) is 26.9. The molecular formula is C13H23F3N2. The molecule has 0 aromatic rings. The van der Waals surface area contributed by atoms with Crippen LogP contribution in [-0.4, -0.2) is 12.2 Å². The quantitative estimate of drug-likeness (QED) is 0.453. The van der Waals surface area contributed by atoms with Crippen molar-refractivity contribution in [1.29, 1.82) is 0 Å². The van der Waals surface area contributed by atoms with Crippen molar-refractivity contribution in [2.24, 2.45) is 17.7 Å². The summed E-state index contributed by atoms with van der Waals surface area (Å²) in [5, 5.41) is 0. The Kier molecular flexibility index (Phi) is 5.66. The first-order chi connectivity index (χ1) is 8.34. The van der Waals surface area contributed by atoms with Crippen molar-refractivity contribution in [2.75, 3.05) is 0 Å². The zero-order valence-corrected chi connectivity index (χ0v) is 10.9. The zero-order valence-electron chi connectivity index (χ0n) is 10.9. The van der Waals surface area contributed by atoms with Gasteiger partial charge in [0.2, 0.25) is 0 Å². The smallest absolute Gasteiger partial charge is 0.271 e. The SMILES string of the molecule is C=C(C)CCC(NN)C1CCCC(C(F)(F)F)C1. The molecule has 0 spiro atoms. The molecule has 18 heavy (non-hydrogen) atoms. The zero-order chi connectivity index (χ0) is 13.8. The lowest BCUT2D eigenvalue weighted by atomic mass is 9.76. The average molecular weight is 264 g/mol. The largest absolute Gasteiger partial charge is 0.391 e. The van der Waals surface area contributed by atoms with Crippen LogP contribution < -0.4 is 11.3 Å². The highest BCUT2D eigenvalue weighted by Crippen LogP contribution is 2.41. The third-order valence-electron chi connectivity index (χ3n) is 3.84. The van der Waals surface area contributed by atoms with E-state index in [4.69, 9.17) is 5.84 Å². The maximum atomic E-state index is 12.7. The van der Waals surface area contributed by atoms with Gasteiger partial charge < -0.3 is 0 Å². The van der Waals surface area contributed by atoms with E-state index in [0.29, 0.717) is 6.42 Å². The summed E-state index contributed by atoms with van der Waals surface area (Å²) in [6.45, 7) is 5.74. The Morgan fingerprint density at radius 3 is 2.61 bits per heavy atom. The fourth-order valence-electron chi connectivity index (χ4n) is 2.75. The van der Waals surface area contributed by atoms with Gasteiger partial charge in [-0.2, -0.15) is 13.2 Å². The molecule has 0 aromatic heterocycles. The Morgan fingerprint density at radius 2 is 2.11 bits per heavy atom. The number of rotatable bonds is 5. The minimum Gasteiger partial charge on any atom is -0.271 e. The van der Waals surface area contributed by atoms with Gasteiger partial charge in [0.05, 0.1) is 5.92 Å². The second-order valence-corrected chi connectivity index (χ2v) is 5.43. The molecule has 0 radical (unpaired) electrons. The van der Waals surface area contributed by atoms with Gasteiger partial charge in [-0.25, -0.2) is 0 Å². The van der Waals surface area contributed by atoms with Crippen LogP contribution in [0.2, 0.25) is 0 Å². The van der Waals surface area contributed by atoms with Crippen molar-refractivity contribution in [2.45, 2.75) is 57.7 Å². The van der Waals surface area contributed by atoms with E-state index < -0.39 is 12.1 Å². The van der Waals surface area contributed by atoms with E-state index in [0.717, 1.165) is 24.8 Å². The van der Waals surface area contributed by atoms with E-state index in [1.54, 1.807) is 0 Å². The van der Waals surface area contributed by atoms with Crippen molar-refractivity contribution in [3.63, 3.8) is 0 Å². The van der Waals surface area contributed by atoms with E-state index in [9.17, 15) is 13.2 Å². The number of hydrazine groups is 1. The molecule has 2 nitrogen and oxygen atoms in total. The number of allylic oxidation sites excluding steroid dienone is 1. The second kappa shape index (κ2) is 6.57. The van der Waals surface area contributed by atoms with E-state index in [1.165, 1.54) is 0 Å². The minimum absolute atomic E-state index is 0.0229. The van der Waals surface area contributed by atoms with Gasteiger partial charge in [0.1, 0.15) is 0 Å². The van der Waals surface area contributed by atoms with E-state index in [2.05, 4.69) is 12.0 Å². The van der Waals surface area contributed by atoms with Crippen molar-refractivity contribution in [3.05, 3.63) is 12.2 Å². The Hall–Kier alpha value is -0.550. The van der Waals surface area contributed by atoms with Crippen LogP contribution in [0.3, 0.4) is 0 Å². The summed E-state index contributed by atoms with van der Waals surface area (Å²) in [4.78, 5) is 0. The number of alkyl halides is 3. The topological polar surface area (TPSA) is 38.0 Å². The third-order valence-corrected chi connectivity index (χ3v) is 3.84. The van der Waals surface area contributed by atoms with Crippen molar-refractivity contribution in [1.82, 2.24) is 5.43 Å². The van der Waals surface area contributed by atoms with Crippen LogP contribution in [-0.2, 0) is 0 Å². The van der Waals surface area contributed by atoms with Crippen molar-refractivity contribution < 1.29 is 13.2 Å². The summed E-state index contributed by atoms with van der Waals surface area (Å²) >= 11 is 0. The van der Waals surface area contributed by atoms with Crippen LogP contribution in [0.15, 0.2) is 12.2 Å². The molecule has 3 atom stereocenters. The Morgan fingerprint density at radius 1 is 1.44 bits per heavy atom. The van der Waals surface area contributed by atoms with Gasteiger partial charge in [0.15, 0.2) is 0 Å². The number of halogens is 3. The molecule has 106 valence electrons. The molecule has 0 aliphatic heterocycles. The van der Waals surface area contributed by atoms with Gasteiger partial charge in [-0.15, -0.1) is 6.58 Å². The Labute approximate surface area is 107 Å². The van der Waals surface area contributed by atoms with Crippen LogP contribution in [0.1, 0.15) is 45.4 Å². The molecule has 3 N–H and O–H groups in total. The highest BCUT2D eigenvalue weighted by atomic mass is 19.4. The molecule has 1 fully saturated rings. The third kappa shape index (κ3) is 4.61. The van der Waals surface area contributed by atoms with Gasteiger partial charge in [-0.05, 0) is 44.9 Å². The predicted molar refractivity (Wildman–Crippen MR) is 66.7 cm³/mol. The second-order valence-electron chi connectivity index (χ2n) is 5.43. The first-order valence-electron chi connectivity index (χ1n) is 6.51. The Balaban J connectivity index is 2.55. The standard InChI is InChI=1S/C13H23F3N2/c1-9(2)6-7-12(18-17)10-4-3-5-11(8-10)13(14,15)16/h10-12,18H,1,3-8,17H2,2H3. The molecule has 0 amide bonds. The fraction of sp³-hybridized carbons (Fsp3) is 0.846. The molecule has 5 heteroatoms. The lowest BCUT2D eigenvalue weighted by Gasteiger charge is -2.35. The lowest BCUT2D eigenvalue weighted by molar-refractivity contribution is -0.186. The first kappa shape index (κ1) is 15.5. The summed E-state index contributed by atoms with van der Waals surface area (Å²) < 4.78 is 38.2. The number of nitrogens with one attached hydrogen (secondary N) is 1.